The topological polar surface area (TPSA) is 99.4 Å². The molecular formula is C17H13Cl2FN4O4. The van der Waals surface area contributed by atoms with Gasteiger partial charge in [0.25, 0.3) is 0 Å². The smallest absolute Gasteiger partial charge is 0.338 e. The summed E-state index contributed by atoms with van der Waals surface area (Å²) in [4.78, 5) is 23.8. The first-order valence-electron chi connectivity index (χ1n) is 8.21. The highest BCUT2D eigenvalue weighted by Gasteiger charge is 2.46. The van der Waals surface area contributed by atoms with Crippen molar-refractivity contribution in [3.05, 3.63) is 52.7 Å². The van der Waals surface area contributed by atoms with Crippen molar-refractivity contribution in [3.8, 4) is 0 Å². The summed E-state index contributed by atoms with van der Waals surface area (Å²) >= 11 is 11.8. The number of ether oxygens (including phenoxy) is 2. The molecule has 11 heteroatoms. The van der Waals surface area contributed by atoms with Crippen molar-refractivity contribution >= 4 is 40.3 Å². The zero-order valence-corrected chi connectivity index (χ0v) is 15.6. The Kier molecular flexibility index (Phi) is 5.15. The minimum Gasteiger partial charge on any atom is -0.459 e. The normalized spacial score (nSPS) is 24.6. The summed E-state index contributed by atoms with van der Waals surface area (Å²) in [7, 11) is 0. The van der Waals surface area contributed by atoms with Gasteiger partial charge in [-0.05, 0) is 23.7 Å². The summed E-state index contributed by atoms with van der Waals surface area (Å²) in [6.07, 6.45) is -4.38. The second kappa shape index (κ2) is 7.59. The number of alkyl halides is 1. The molecule has 28 heavy (non-hydrogen) atoms. The van der Waals surface area contributed by atoms with Crippen LogP contribution in [0.1, 0.15) is 16.6 Å². The number of benzene rings is 1. The lowest BCUT2D eigenvalue weighted by Crippen LogP contribution is -2.32. The molecule has 1 fully saturated rings. The molecule has 1 aliphatic rings. The Balaban J connectivity index is 1.51. The van der Waals surface area contributed by atoms with Crippen molar-refractivity contribution in [2.75, 3.05) is 6.61 Å². The average molecular weight is 427 g/mol. The van der Waals surface area contributed by atoms with E-state index in [2.05, 4.69) is 15.0 Å². The molecule has 2 aromatic heterocycles. The van der Waals surface area contributed by atoms with Gasteiger partial charge < -0.3 is 14.6 Å². The van der Waals surface area contributed by atoms with E-state index in [1.807, 2.05) is 0 Å². The molecule has 1 saturated heterocycles. The van der Waals surface area contributed by atoms with Crippen LogP contribution < -0.4 is 0 Å². The molecule has 1 unspecified atom stereocenters. The molecule has 4 atom stereocenters. The van der Waals surface area contributed by atoms with E-state index >= 15 is 0 Å². The highest BCUT2D eigenvalue weighted by molar-refractivity contribution is 6.35. The van der Waals surface area contributed by atoms with Crippen molar-refractivity contribution in [1.82, 2.24) is 19.5 Å². The van der Waals surface area contributed by atoms with Crippen LogP contribution in [0.5, 0.6) is 0 Å². The Morgan fingerprint density at radius 1 is 1.29 bits per heavy atom. The number of esters is 1. The third-order valence-corrected chi connectivity index (χ3v) is 4.74. The number of hydrogen-bond acceptors (Lipinski definition) is 7. The number of carbonyl (C=O) groups is 1. The summed E-state index contributed by atoms with van der Waals surface area (Å²) < 4.78 is 26.7. The van der Waals surface area contributed by atoms with E-state index in [4.69, 9.17) is 32.7 Å². The minimum absolute atomic E-state index is 0.0102. The maximum Gasteiger partial charge on any atom is 0.338 e. The monoisotopic (exact) mass is 426 g/mol. The predicted molar refractivity (Wildman–Crippen MR) is 96.9 cm³/mol. The van der Waals surface area contributed by atoms with E-state index in [9.17, 15) is 14.3 Å². The Labute approximate surface area is 167 Å². The number of hydrogen-bond donors (Lipinski definition) is 1. The predicted octanol–water partition coefficient (Wildman–Crippen LogP) is 2.59. The van der Waals surface area contributed by atoms with Gasteiger partial charge in [-0.2, -0.15) is 4.98 Å². The molecule has 1 aliphatic heterocycles. The molecule has 8 nitrogen and oxygen atoms in total. The van der Waals surface area contributed by atoms with Gasteiger partial charge in [-0.1, -0.05) is 29.8 Å². The van der Waals surface area contributed by atoms with Crippen molar-refractivity contribution in [2.24, 2.45) is 0 Å². The van der Waals surface area contributed by atoms with Crippen molar-refractivity contribution in [2.45, 2.75) is 24.6 Å². The molecule has 4 rings (SSSR count). The lowest BCUT2D eigenvalue weighted by atomic mass is 10.1. The molecule has 146 valence electrons. The zero-order chi connectivity index (χ0) is 19.8. The van der Waals surface area contributed by atoms with Gasteiger partial charge >= 0.3 is 5.97 Å². The van der Waals surface area contributed by atoms with Gasteiger partial charge in [0.05, 0.1) is 11.9 Å². The fraction of sp³-hybridized carbons (Fsp3) is 0.294. The van der Waals surface area contributed by atoms with Crippen LogP contribution >= 0.6 is 23.2 Å². The fourth-order valence-corrected chi connectivity index (χ4v) is 3.35. The van der Waals surface area contributed by atoms with E-state index in [1.54, 1.807) is 30.3 Å². The van der Waals surface area contributed by atoms with Crippen LogP contribution in [0.4, 0.5) is 4.39 Å². The number of halogens is 3. The van der Waals surface area contributed by atoms with Gasteiger partial charge in [-0.15, -0.1) is 0 Å². The van der Waals surface area contributed by atoms with Gasteiger partial charge in [0, 0.05) is 0 Å². The third kappa shape index (κ3) is 3.42. The highest BCUT2D eigenvalue weighted by atomic mass is 35.5. The summed E-state index contributed by atoms with van der Waals surface area (Å²) in [5, 5.41) is 10.1. The maximum atomic E-state index is 14.7. The van der Waals surface area contributed by atoms with Crippen molar-refractivity contribution in [3.63, 3.8) is 0 Å². The molecule has 0 amide bonds. The first-order chi connectivity index (χ1) is 13.5. The van der Waals surface area contributed by atoms with Crippen LogP contribution in [-0.2, 0) is 9.47 Å². The number of fused-ring (bicyclic) bond motifs is 1. The second-order valence-corrected chi connectivity index (χ2v) is 6.77. The zero-order valence-electron chi connectivity index (χ0n) is 14.1. The molecular weight excluding hydrogens is 414 g/mol. The molecule has 3 heterocycles. The summed E-state index contributed by atoms with van der Waals surface area (Å²) in [6, 6.07) is 8.30. The summed E-state index contributed by atoms with van der Waals surface area (Å²) in [5.74, 6) is -0.602. The third-order valence-electron chi connectivity index (χ3n) is 4.31. The Morgan fingerprint density at radius 2 is 2.04 bits per heavy atom. The molecule has 3 aromatic rings. The number of aliphatic hydroxyl groups is 1. The maximum absolute atomic E-state index is 14.7. The average Bonchev–Trinajstić information content (AvgIpc) is 3.22. The van der Waals surface area contributed by atoms with Crippen LogP contribution in [0.2, 0.25) is 10.4 Å². The standard InChI is InChI=1S/C17H13Cl2FN4O4/c18-13-11-14(23-17(19)22-13)24(7-21-11)15-10(20)12(25)9(28-15)6-27-16(26)8-4-2-1-3-5-8/h1-5,7,9-10,12,15,25H,6H2/t9-,10-,12?,15-/m1/s1. The number of nitrogens with zero attached hydrogens (tertiary/aromatic N) is 4. The van der Waals surface area contributed by atoms with E-state index in [0.717, 1.165) is 0 Å². The Hall–Kier alpha value is -2.33. The molecule has 1 aromatic carbocycles. The molecule has 0 saturated carbocycles. The lowest BCUT2D eigenvalue weighted by molar-refractivity contribution is -0.0529. The van der Waals surface area contributed by atoms with Crippen LogP contribution in [-0.4, -0.2) is 55.6 Å². The van der Waals surface area contributed by atoms with Gasteiger partial charge in [0.15, 0.2) is 23.2 Å². The lowest BCUT2D eigenvalue weighted by Gasteiger charge is -2.15. The molecule has 0 radical (unpaired) electrons. The van der Waals surface area contributed by atoms with E-state index in [-0.39, 0.29) is 28.2 Å². The number of aliphatic hydroxyl groups excluding tert-OH is 1. The van der Waals surface area contributed by atoms with Crippen molar-refractivity contribution < 1.29 is 23.8 Å². The van der Waals surface area contributed by atoms with E-state index in [1.165, 1.54) is 10.9 Å². The van der Waals surface area contributed by atoms with Gasteiger partial charge in [-0.3, -0.25) is 4.57 Å². The Bertz CT molecular complexity index is 1020. The highest BCUT2D eigenvalue weighted by Crippen LogP contribution is 2.34. The van der Waals surface area contributed by atoms with E-state index in [0.29, 0.717) is 5.56 Å². The largest absolute Gasteiger partial charge is 0.459 e. The number of rotatable bonds is 4. The first-order valence-corrected chi connectivity index (χ1v) is 8.96. The van der Waals surface area contributed by atoms with Crippen LogP contribution in [0.25, 0.3) is 11.2 Å². The van der Waals surface area contributed by atoms with Crippen LogP contribution in [0.15, 0.2) is 36.7 Å². The molecule has 0 spiro atoms. The fourth-order valence-electron chi connectivity index (χ4n) is 2.92. The van der Waals surface area contributed by atoms with E-state index < -0.39 is 30.6 Å². The second-order valence-electron chi connectivity index (χ2n) is 6.07. The van der Waals surface area contributed by atoms with Crippen molar-refractivity contribution in [1.29, 1.82) is 0 Å². The first kappa shape index (κ1) is 19.0. The summed E-state index contributed by atoms with van der Waals surface area (Å²) in [5.41, 5.74) is 0.715. The van der Waals surface area contributed by atoms with Crippen LogP contribution in [0, 0.1) is 0 Å². The minimum atomic E-state index is -1.81. The number of aromatic nitrogens is 4. The molecule has 1 N–H and O–H groups in total. The van der Waals surface area contributed by atoms with Gasteiger partial charge in [-0.25, -0.2) is 19.2 Å². The SMILES string of the molecule is O=C(OC[C@H]1O[C@@H](n2cnc3c(Cl)nc(Cl)nc32)[C@H](F)C1O)c1ccccc1. The van der Waals surface area contributed by atoms with Gasteiger partial charge in [0.1, 0.15) is 24.3 Å². The van der Waals surface area contributed by atoms with Crippen LogP contribution in [0.3, 0.4) is 0 Å². The van der Waals surface area contributed by atoms with Gasteiger partial charge in [0.2, 0.25) is 5.28 Å². The number of imidazole rings is 1. The molecule has 0 aliphatic carbocycles. The summed E-state index contributed by atoms with van der Waals surface area (Å²) in [6.45, 7) is -0.324. The quantitative estimate of drug-likeness (QED) is 0.388. The molecule has 0 bridgehead atoms. The number of carbonyl (C=O) groups excluding carboxylic acids is 1. The Morgan fingerprint density at radius 3 is 2.79 bits per heavy atom.